The number of H-pyrrole nitrogens is 1. The molecule has 0 radical (unpaired) electrons. The number of rotatable bonds is 2. The van der Waals surface area contributed by atoms with Crippen LogP contribution in [0.4, 0.5) is 5.69 Å². The fourth-order valence-corrected chi connectivity index (χ4v) is 3.05. The van der Waals surface area contributed by atoms with Gasteiger partial charge in [-0.3, -0.25) is 4.79 Å². The summed E-state index contributed by atoms with van der Waals surface area (Å²) in [6, 6.07) is 13.9. The number of aromatic nitrogens is 1. The molecule has 104 valence electrons. The number of aryl methyl sites for hydroxylation is 2. The van der Waals surface area contributed by atoms with E-state index in [0.717, 1.165) is 29.4 Å². The molecule has 3 heteroatoms. The molecule has 4 rings (SSSR count). The van der Waals surface area contributed by atoms with Gasteiger partial charge in [0.2, 0.25) is 0 Å². The van der Waals surface area contributed by atoms with Gasteiger partial charge in [-0.15, -0.1) is 0 Å². The van der Waals surface area contributed by atoms with Crippen LogP contribution in [-0.2, 0) is 12.8 Å². The normalized spacial score (nSPS) is 13.3. The SMILES string of the molecule is O=C(Nc1ccc2c(c1)CCC2)c1ccc2[nH]ccc2c1. The number of carbonyl (C=O) groups is 1. The zero-order valence-corrected chi connectivity index (χ0v) is 11.6. The highest BCUT2D eigenvalue weighted by atomic mass is 16.1. The van der Waals surface area contributed by atoms with E-state index in [2.05, 4.69) is 22.4 Å². The largest absolute Gasteiger partial charge is 0.361 e. The Bertz CT molecular complexity index is 832. The third kappa shape index (κ3) is 2.21. The van der Waals surface area contributed by atoms with Crippen LogP contribution >= 0.6 is 0 Å². The van der Waals surface area contributed by atoms with Gasteiger partial charge in [0, 0.05) is 28.4 Å². The molecule has 0 bridgehead atoms. The summed E-state index contributed by atoms with van der Waals surface area (Å²) in [6.07, 6.45) is 5.38. The minimum atomic E-state index is -0.0592. The number of nitrogens with one attached hydrogen (secondary N) is 2. The maximum Gasteiger partial charge on any atom is 0.255 e. The molecule has 2 aromatic carbocycles. The monoisotopic (exact) mass is 276 g/mol. The van der Waals surface area contributed by atoms with E-state index >= 15 is 0 Å². The third-order valence-corrected chi connectivity index (χ3v) is 4.17. The summed E-state index contributed by atoms with van der Waals surface area (Å²) in [4.78, 5) is 15.5. The number of hydrogen-bond acceptors (Lipinski definition) is 1. The Kier molecular flexibility index (Phi) is 2.78. The Labute approximate surface area is 123 Å². The highest BCUT2D eigenvalue weighted by Crippen LogP contribution is 2.25. The van der Waals surface area contributed by atoms with Gasteiger partial charge < -0.3 is 10.3 Å². The smallest absolute Gasteiger partial charge is 0.255 e. The summed E-state index contributed by atoms with van der Waals surface area (Å²) in [5.74, 6) is -0.0592. The summed E-state index contributed by atoms with van der Waals surface area (Å²) in [5, 5.41) is 4.05. The standard InChI is InChI=1S/C18H16N2O/c21-18(15-5-7-17-14(10-15)8-9-19-17)20-16-6-4-12-2-1-3-13(12)11-16/h4-11,19H,1-3H2,(H,20,21). The van der Waals surface area contributed by atoms with Crippen molar-refractivity contribution in [2.45, 2.75) is 19.3 Å². The molecule has 3 aromatic rings. The first-order chi connectivity index (χ1) is 10.3. The highest BCUT2D eigenvalue weighted by molar-refractivity contribution is 6.06. The average Bonchev–Trinajstić information content (AvgIpc) is 3.14. The van der Waals surface area contributed by atoms with Crippen molar-refractivity contribution < 1.29 is 4.79 Å². The van der Waals surface area contributed by atoms with Gasteiger partial charge in [0.25, 0.3) is 5.91 Å². The van der Waals surface area contributed by atoms with Crippen molar-refractivity contribution >= 4 is 22.5 Å². The second-order valence-corrected chi connectivity index (χ2v) is 5.57. The van der Waals surface area contributed by atoms with Crippen molar-refractivity contribution in [3.05, 3.63) is 65.4 Å². The number of anilines is 1. The number of aromatic amines is 1. The summed E-state index contributed by atoms with van der Waals surface area (Å²) < 4.78 is 0. The van der Waals surface area contributed by atoms with Crippen LogP contribution in [0.15, 0.2) is 48.7 Å². The molecule has 0 unspecified atom stereocenters. The fourth-order valence-electron chi connectivity index (χ4n) is 3.05. The number of benzene rings is 2. The minimum absolute atomic E-state index is 0.0592. The molecule has 1 aliphatic rings. The van der Waals surface area contributed by atoms with E-state index in [9.17, 15) is 4.79 Å². The van der Waals surface area contributed by atoms with Crippen LogP contribution in [-0.4, -0.2) is 10.9 Å². The molecule has 2 N–H and O–H groups in total. The molecular weight excluding hydrogens is 260 g/mol. The lowest BCUT2D eigenvalue weighted by molar-refractivity contribution is 0.102. The van der Waals surface area contributed by atoms with Crippen molar-refractivity contribution in [3.63, 3.8) is 0 Å². The summed E-state index contributed by atoms with van der Waals surface area (Å²) >= 11 is 0. The van der Waals surface area contributed by atoms with E-state index in [0.29, 0.717) is 5.56 Å². The van der Waals surface area contributed by atoms with Crippen molar-refractivity contribution in [2.75, 3.05) is 5.32 Å². The van der Waals surface area contributed by atoms with E-state index in [1.807, 2.05) is 36.5 Å². The second-order valence-electron chi connectivity index (χ2n) is 5.57. The molecule has 21 heavy (non-hydrogen) atoms. The maximum absolute atomic E-state index is 12.4. The van der Waals surface area contributed by atoms with Crippen molar-refractivity contribution in [2.24, 2.45) is 0 Å². The van der Waals surface area contributed by atoms with Gasteiger partial charge in [-0.1, -0.05) is 6.07 Å². The molecule has 0 saturated heterocycles. The number of fused-ring (bicyclic) bond motifs is 2. The average molecular weight is 276 g/mol. The van der Waals surface area contributed by atoms with Crippen LogP contribution in [0.3, 0.4) is 0 Å². The molecule has 1 heterocycles. The summed E-state index contributed by atoms with van der Waals surface area (Å²) in [5.41, 5.74) is 5.40. The van der Waals surface area contributed by atoms with Crippen LogP contribution < -0.4 is 5.32 Å². The molecule has 3 nitrogen and oxygen atoms in total. The molecular formula is C18H16N2O. The molecule has 0 spiro atoms. The van der Waals surface area contributed by atoms with Crippen molar-refractivity contribution in [1.82, 2.24) is 4.98 Å². The highest BCUT2D eigenvalue weighted by Gasteiger charge is 2.12. The first-order valence-electron chi connectivity index (χ1n) is 7.30. The molecule has 1 amide bonds. The first kappa shape index (κ1) is 12.2. The quantitative estimate of drug-likeness (QED) is 0.732. The van der Waals surface area contributed by atoms with Gasteiger partial charge in [-0.2, -0.15) is 0 Å². The fraction of sp³-hybridized carbons (Fsp3) is 0.167. The molecule has 0 fully saturated rings. The Hall–Kier alpha value is -2.55. The number of carbonyl (C=O) groups excluding carboxylic acids is 1. The van der Waals surface area contributed by atoms with Crippen LogP contribution in [0.25, 0.3) is 10.9 Å². The van der Waals surface area contributed by atoms with E-state index in [1.165, 1.54) is 17.5 Å². The van der Waals surface area contributed by atoms with Gasteiger partial charge in [0.1, 0.15) is 0 Å². The van der Waals surface area contributed by atoms with E-state index in [-0.39, 0.29) is 5.91 Å². The predicted molar refractivity (Wildman–Crippen MR) is 84.7 cm³/mol. The second kappa shape index (κ2) is 4.77. The zero-order chi connectivity index (χ0) is 14.2. The van der Waals surface area contributed by atoms with E-state index in [4.69, 9.17) is 0 Å². The van der Waals surface area contributed by atoms with Gasteiger partial charge in [-0.25, -0.2) is 0 Å². The predicted octanol–water partition coefficient (Wildman–Crippen LogP) is 3.91. The van der Waals surface area contributed by atoms with Gasteiger partial charge in [0.15, 0.2) is 0 Å². The van der Waals surface area contributed by atoms with E-state index < -0.39 is 0 Å². The van der Waals surface area contributed by atoms with Gasteiger partial charge in [0.05, 0.1) is 0 Å². The Morgan fingerprint density at radius 3 is 2.86 bits per heavy atom. The van der Waals surface area contributed by atoms with Crippen LogP contribution in [0.1, 0.15) is 27.9 Å². The van der Waals surface area contributed by atoms with Gasteiger partial charge >= 0.3 is 0 Å². The lowest BCUT2D eigenvalue weighted by atomic mass is 10.1. The summed E-state index contributed by atoms with van der Waals surface area (Å²) in [7, 11) is 0. The van der Waals surface area contributed by atoms with E-state index in [1.54, 1.807) is 0 Å². The topological polar surface area (TPSA) is 44.9 Å². The summed E-state index contributed by atoms with van der Waals surface area (Å²) in [6.45, 7) is 0. The van der Waals surface area contributed by atoms with Crippen LogP contribution in [0, 0.1) is 0 Å². The van der Waals surface area contributed by atoms with Gasteiger partial charge in [-0.05, 0) is 66.8 Å². The first-order valence-corrected chi connectivity index (χ1v) is 7.30. The number of hydrogen-bond donors (Lipinski definition) is 2. The molecule has 0 aliphatic heterocycles. The molecule has 1 aromatic heterocycles. The maximum atomic E-state index is 12.4. The third-order valence-electron chi connectivity index (χ3n) is 4.17. The Balaban J connectivity index is 1.60. The van der Waals surface area contributed by atoms with Crippen LogP contribution in [0.5, 0.6) is 0 Å². The molecule has 0 atom stereocenters. The Morgan fingerprint density at radius 2 is 1.90 bits per heavy atom. The number of amides is 1. The Morgan fingerprint density at radius 1 is 1.00 bits per heavy atom. The molecule has 1 aliphatic carbocycles. The minimum Gasteiger partial charge on any atom is -0.361 e. The zero-order valence-electron chi connectivity index (χ0n) is 11.6. The lowest BCUT2D eigenvalue weighted by Gasteiger charge is -2.07. The lowest BCUT2D eigenvalue weighted by Crippen LogP contribution is -2.11. The molecule has 0 saturated carbocycles. The van der Waals surface area contributed by atoms with Crippen LogP contribution in [0.2, 0.25) is 0 Å². The van der Waals surface area contributed by atoms with Crippen molar-refractivity contribution in [1.29, 1.82) is 0 Å². The van der Waals surface area contributed by atoms with Crippen molar-refractivity contribution in [3.8, 4) is 0 Å².